The van der Waals surface area contributed by atoms with Gasteiger partial charge in [-0.1, -0.05) is 19.1 Å². The van der Waals surface area contributed by atoms with Gasteiger partial charge in [-0.3, -0.25) is 0 Å². The fourth-order valence-electron chi connectivity index (χ4n) is 2.54. The van der Waals surface area contributed by atoms with Gasteiger partial charge in [0.15, 0.2) is 0 Å². The molecular formula is C14H17N3. The molecule has 0 spiro atoms. The number of aromatic nitrogens is 2. The van der Waals surface area contributed by atoms with Crippen LogP contribution in [-0.2, 0) is 19.4 Å². The third kappa shape index (κ3) is 1.76. The topological polar surface area (TPSA) is 29.9 Å². The third-order valence-electron chi connectivity index (χ3n) is 3.41. The molecule has 0 atom stereocenters. The number of aryl methyl sites for hydroxylation is 1. The number of imidazole rings is 1. The van der Waals surface area contributed by atoms with E-state index in [2.05, 4.69) is 46.2 Å². The molecule has 0 saturated carbocycles. The van der Waals surface area contributed by atoms with E-state index in [-0.39, 0.29) is 0 Å². The number of hydrogen-bond acceptors (Lipinski definition) is 2. The quantitative estimate of drug-likeness (QED) is 0.851. The van der Waals surface area contributed by atoms with Crippen molar-refractivity contribution in [3.05, 3.63) is 47.5 Å². The maximum Gasteiger partial charge on any atom is 0.112 e. The van der Waals surface area contributed by atoms with Crippen LogP contribution in [0.4, 0.5) is 0 Å². The van der Waals surface area contributed by atoms with E-state index in [0.29, 0.717) is 0 Å². The Morgan fingerprint density at radius 3 is 3.24 bits per heavy atom. The van der Waals surface area contributed by atoms with Crippen LogP contribution in [0, 0.1) is 0 Å². The van der Waals surface area contributed by atoms with Crippen LogP contribution in [0.3, 0.4) is 0 Å². The molecule has 0 aliphatic carbocycles. The van der Waals surface area contributed by atoms with E-state index in [1.54, 1.807) is 0 Å². The van der Waals surface area contributed by atoms with E-state index >= 15 is 0 Å². The summed E-state index contributed by atoms with van der Waals surface area (Å²) < 4.78 is 2.21. The Balaban J connectivity index is 2.14. The highest BCUT2D eigenvalue weighted by molar-refractivity contribution is 5.48. The van der Waals surface area contributed by atoms with E-state index in [4.69, 9.17) is 0 Å². The van der Waals surface area contributed by atoms with Gasteiger partial charge in [0.05, 0.1) is 5.69 Å². The normalized spacial score (nSPS) is 14.6. The Hall–Kier alpha value is -1.61. The second-order valence-electron chi connectivity index (χ2n) is 4.41. The Morgan fingerprint density at radius 2 is 2.35 bits per heavy atom. The van der Waals surface area contributed by atoms with Crippen molar-refractivity contribution in [2.75, 3.05) is 6.54 Å². The highest BCUT2D eigenvalue weighted by atomic mass is 15.1. The minimum Gasteiger partial charge on any atom is -0.312 e. The van der Waals surface area contributed by atoms with Gasteiger partial charge < -0.3 is 9.88 Å². The zero-order chi connectivity index (χ0) is 11.7. The molecule has 88 valence electrons. The molecule has 0 bridgehead atoms. The molecule has 0 unspecified atom stereocenters. The summed E-state index contributed by atoms with van der Waals surface area (Å²) in [6.45, 7) is 4.19. The molecule has 3 nitrogen and oxygen atoms in total. The molecule has 17 heavy (non-hydrogen) atoms. The van der Waals surface area contributed by atoms with Crippen LogP contribution in [-0.4, -0.2) is 16.1 Å². The van der Waals surface area contributed by atoms with E-state index in [0.717, 1.165) is 31.8 Å². The number of benzene rings is 1. The van der Waals surface area contributed by atoms with Crippen molar-refractivity contribution in [3.63, 3.8) is 0 Å². The summed E-state index contributed by atoms with van der Waals surface area (Å²) >= 11 is 0. The summed E-state index contributed by atoms with van der Waals surface area (Å²) in [5, 5.41) is 3.45. The maximum atomic E-state index is 4.40. The van der Waals surface area contributed by atoms with Crippen molar-refractivity contribution < 1.29 is 0 Å². The summed E-state index contributed by atoms with van der Waals surface area (Å²) in [6.07, 6.45) is 6.03. The van der Waals surface area contributed by atoms with E-state index < -0.39 is 0 Å². The molecule has 1 aromatic carbocycles. The van der Waals surface area contributed by atoms with Gasteiger partial charge in [-0.25, -0.2) is 4.98 Å². The highest BCUT2D eigenvalue weighted by Crippen LogP contribution is 2.23. The number of rotatable bonds is 2. The van der Waals surface area contributed by atoms with Crippen LogP contribution < -0.4 is 5.32 Å². The standard InChI is InChI=1S/C14H17N3/c1-2-14-16-8-9-17(14)13-5-3-4-11-6-7-15-10-12(11)13/h3-5,8-9,15H,2,6-7,10H2,1H3. The second kappa shape index (κ2) is 4.34. The zero-order valence-electron chi connectivity index (χ0n) is 10.1. The molecule has 1 aliphatic rings. The first-order chi connectivity index (χ1) is 8.40. The minimum atomic E-state index is 0.962. The number of nitrogens with one attached hydrogen (secondary N) is 1. The first-order valence-electron chi connectivity index (χ1n) is 6.24. The molecular weight excluding hydrogens is 210 g/mol. The number of nitrogens with zero attached hydrogens (tertiary/aromatic N) is 2. The second-order valence-corrected chi connectivity index (χ2v) is 4.41. The highest BCUT2D eigenvalue weighted by Gasteiger charge is 2.14. The fraction of sp³-hybridized carbons (Fsp3) is 0.357. The van der Waals surface area contributed by atoms with Crippen molar-refractivity contribution in [2.24, 2.45) is 0 Å². The van der Waals surface area contributed by atoms with E-state index in [1.807, 2.05) is 6.20 Å². The molecule has 2 heterocycles. The lowest BCUT2D eigenvalue weighted by Gasteiger charge is -2.21. The van der Waals surface area contributed by atoms with Crippen molar-refractivity contribution in [2.45, 2.75) is 26.3 Å². The Labute approximate surface area is 101 Å². The lowest BCUT2D eigenvalue weighted by atomic mass is 9.99. The van der Waals surface area contributed by atoms with Crippen molar-refractivity contribution in [3.8, 4) is 5.69 Å². The summed E-state index contributed by atoms with van der Waals surface area (Å²) in [6, 6.07) is 6.58. The van der Waals surface area contributed by atoms with Crippen molar-refractivity contribution in [1.82, 2.24) is 14.9 Å². The molecule has 3 heteroatoms. The summed E-state index contributed by atoms with van der Waals surface area (Å²) in [4.78, 5) is 4.40. The van der Waals surface area contributed by atoms with Crippen LogP contribution in [0.25, 0.3) is 5.69 Å². The summed E-state index contributed by atoms with van der Waals surface area (Å²) in [5.74, 6) is 1.13. The minimum absolute atomic E-state index is 0.962. The Kier molecular flexibility index (Phi) is 2.69. The number of hydrogen-bond donors (Lipinski definition) is 1. The van der Waals surface area contributed by atoms with E-state index in [1.165, 1.54) is 16.8 Å². The SMILES string of the molecule is CCc1nccn1-c1cccc2c1CNCC2. The summed E-state index contributed by atoms with van der Waals surface area (Å²) in [5.41, 5.74) is 4.17. The smallest absolute Gasteiger partial charge is 0.112 e. The Bertz CT molecular complexity index is 528. The third-order valence-corrected chi connectivity index (χ3v) is 3.41. The van der Waals surface area contributed by atoms with Gasteiger partial charge in [-0.2, -0.15) is 0 Å². The molecule has 1 N–H and O–H groups in total. The van der Waals surface area contributed by atoms with Crippen LogP contribution in [0.2, 0.25) is 0 Å². The van der Waals surface area contributed by atoms with Crippen LogP contribution >= 0.6 is 0 Å². The predicted octanol–water partition coefficient (Wildman–Crippen LogP) is 2.08. The molecule has 2 aromatic rings. The Morgan fingerprint density at radius 1 is 1.41 bits per heavy atom. The average Bonchev–Trinajstić information content (AvgIpc) is 2.86. The van der Waals surface area contributed by atoms with Crippen molar-refractivity contribution >= 4 is 0 Å². The summed E-state index contributed by atoms with van der Waals surface area (Å²) in [7, 11) is 0. The lowest BCUT2D eigenvalue weighted by molar-refractivity contribution is 0.639. The average molecular weight is 227 g/mol. The molecule has 0 radical (unpaired) electrons. The molecule has 1 aromatic heterocycles. The monoisotopic (exact) mass is 227 g/mol. The van der Waals surface area contributed by atoms with Crippen molar-refractivity contribution in [1.29, 1.82) is 0 Å². The molecule has 3 rings (SSSR count). The van der Waals surface area contributed by atoms with Gasteiger partial charge in [-0.15, -0.1) is 0 Å². The zero-order valence-corrected chi connectivity index (χ0v) is 10.1. The van der Waals surface area contributed by atoms with Crippen LogP contribution in [0.15, 0.2) is 30.6 Å². The predicted molar refractivity (Wildman–Crippen MR) is 68.4 cm³/mol. The van der Waals surface area contributed by atoms with Gasteiger partial charge in [0.1, 0.15) is 5.82 Å². The van der Waals surface area contributed by atoms with Gasteiger partial charge in [0.2, 0.25) is 0 Å². The molecule has 1 aliphatic heterocycles. The molecule has 0 saturated heterocycles. The molecule has 0 amide bonds. The van der Waals surface area contributed by atoms with Gasteiger partial charge in [0, 0.05) is 25.4 Å². The van der Waals surface area contributed by atoms with Crippen LogP contribution in [0.1, 0.15) is 23.9 Å². The first-order valence-corrected chi connectivity index (χ1v) is 6.24. The van der Waals surface area contributed by atoms with Crippen LogP contribution in [0.5, 0.6) is 0 Å². The van der Waals surface area contributed by atoms with Gasteiger partial charge in [-0.05, 0) is 30.2 Å². The molecule has 0 fully saturated rings. The van der Waals surface area contributed by atoms with E-state index in [9.17, 15) is 0 Å². The fourth-order valence-corrected chi connectivity index (χ4v) is 2.54. The largest absolute Gasteiger partial charge is 0.312 e. The lowest BCUT2D eigenvalue weighted by Crippen LogP contribution is -2.25. The van der Waals surface area contributed by atoms with Gasteiger partial charge in [0.25, 0.3) is 0 Å². The van der Waals surface area contributed by atoms with Gasteiger partial charge >= 0.3 is 0 Å². The first kappa shape index (κ1) is 10.5. The maximum absolute atomic E-state index is 4.40. The number of fused-ring (bicyclic) bond motifs is 1.